The second-order valence-corrected chi connectivity index (χ2v) is 6.21. The lowest BCUT2D eigenvalue weighted by molar-refractivity contribution is -0.384. The lowest BCUT2D eigenvalue weighted by atomic mass is 9.99. The molecule has 1 N–H and O–H groups in total. The van der Waals surface area contributed by atoms with Gasteiger partial charge in [-0.15, -0.1) is 0 Å². The van der Waals surface area contributed by atoms with Crippen LogP contribution in [0, 0.1) is 19.6 Å². The van der Waals surface area contributed by atoms with E-state index in [1.807, 2.05) is 22.6 Å². The van der Waals surface area contributed by atoms with Crippen LogP contribution in [0.3, 0.4) is 0 Å². The van der Waals surface area contributed by atoms with E-state index in [9.17, 15) is 14.9 Å². The van der Waals surface area contributed by atoms with Crippen LogP contribution in [0.2, 0.25) is 0 Å². The first-order valence-corrected chi connectivity index (χ1v) is 8.29. The van der Waals surface area contributed by atoms with E-state index >= 15 is 0 Å². The molecule has 1 amide bonds. The third-order valence-corrected chi connectivity index (χ3v) is 4.44. The first-order chi connectivity index (χ1) is 9.99. The van der Waals surface area contributed by atoms with Crippen molar-refractivity contribution in [1.82, 2.24) is 5.32 Å². The van der Waals surface area contributed by atoms with Crippen LogP contribution < -0.4 is 5.32 Å². The molecule has 0 aromatic heterocycles. The molecule has 0 aliphatic carbocycles. The Labute approximate surface area is 138 Å². The fourth-order valence-electron chi connectivity index (χ4n) is 2.08. The van der Waals surface area contributed by atoms with Crippen molar-refractivity contribution in [3.05, 3.63) is 37.4 Å². The smallest absolute Gasteiger partial charge is 0.270 e. The van der Waals surface area contributed by atoms with Crippen molar-refractivity contribution >= 4 is 34.2 Å². The molecule has 0 aliphatic heterocycles. The number of non-ortho nitro benzene ring substituents is 1. The minimum atomic E-state index is -0.483. The summed E-state index contributed by atoms with van der Waals surface area (Å²) in [5.41, 5.74) is 0.314. The van der Waals surface area contributed by atoms with Gasteiger partial charge in [-0.05, 0) is 41.0 Å². The monoisotopic (exact) mass is 404 g/mol. The molecule has 0 spiro atoms. The molecule has 0 fully saturated rings. The zero-order chi connectivity index (χ0) is 15.8. The zero-order valence-corrected chi connectivity index (χ0v) is 14.6. The number of nitro groups is 1. The molecule has 0 heterocycles. The molecular formula is C15H21IN2O3. The number of halogens is 1. The number of nitrogens with one attached hydrogen (secondary N) is 1. The average molecular weight is 404 g/mol. The lowest BCUT2D eigenvalue weighted by Gasteiger charge is -2.15. The normalized spacial score (nSPS) is 12.0. The van der Waals surface area contributed by atoms with Crippen molar-refractivity contribution in [2.45, 2.75) is 39.5 Å². The molecular weight excluding hydrogens is 383 g/mol. The maximum Gasteiger partial charge on any atom is 0.270 e. The molecule has 0 aliphatic rings. The highest BCUT2D eigenvalue weighted by atomic mass is 127. The Hall–Kier alpha value is -1.18. The fraction of sp³-hybridized carbons (Fsp3) is 0.533. The van der Waals surface area contributed by atoms with Gasteiger partial charge in [-0.3, -0.25) is 14.9 Å². The van der Waals surface area contributed by atoms with E-state index < -0.39 is 4.92 Å². The minimum absolute atomic E-state index is 0.0569. The number of nitrogens with zero attached hydrogens (tertiary/aromatic N) is 1. The Bertz CT molecular complexity index is 506. The van der Waals surface area contributed by atoms with Crippen LogP contribution in [0.25, 0.3) is 0 Å². The van der Waals surface area contributed by atoms with Crippen LogP contribution in [-0.4, -0.2) is 17.4 Å². The molecule has 0 radical (unpaired) electrons. The molecule has 5 nitrogen and oxygen atoms in total. The highest BCUT2D eigenvalue weighted by Crippen LogP contribution is 2.20. The van der Waals surface area contributed by atoms with E-state index in [0.717, 1.165) is 29.3 Å². The number of hydrogen-bond acceptors (Lipinski definition) is 3. The van der Waals surface area contributed by atoms with Gasteiger partial charge in [-0.25, -0.2) is 0 Å². The van der Waals surface area contributed by atoms with Gasteiger partial charge < -0.3 is 5.32 Å². The highest BCUT2D eigenvalue weighted by Gasteiger charge is 2.16. The zero-order valence-electron chi connectivity index (χ0n) is 12.4. The van der Waals surface area contributed by atoms with Crippen LogP contribution in [0.15, 0.2) is 18.2 Å². The Kier molecular flexibility index (Phi) is 7.63. The number of rotatable bonds is 8. The topological polar surface area (TPSA) is 72.2 Å². The number of hydrogen-bond donors (Lipinski definition) is 1. The molecule has 1 aromatic rings. The van der Waals surface area contributed by atoms with Crippen LogP contribution >= 0.6 is 22.6 Å². The molecule has 116 valence electrons. The van der Waals surface area contributed by atoms with Crippen LogP contribution in [0.4, 0.5) is 5.69 Å². The van der Waals surface area contributed by atoms with Gasteiger partial charge in [0.2, 0.25) is 0 Å². The summed E-state index contributed by atoms with van der Waals surface area (Å²) in [6.45, 7) is 4.88. The van der Waals surface area contributed by atoms with E-state index in [2.05, 4.69) is 19.2 Å². The summed E-state index contributed by atoms with van der Waals surface area (Å²) >= 11 is 2.02. The summed E-state index contributed by atoms with van der Waals surface area (Å²) in [6.07, 6.45) is 4.42. The number of unbranched alkanes of at least 4 members (excludes halogenated alkanes) is 1. The van der Waals surface area contributed by atoms with Gasteiger partial charge in [0, 0.05) is 22.2 Å². The first-order valence-electron chi connectivity index (χ1n) is 7.21. The molecule has 0 saturated carbocycles. The maximum absolute atomic E-state index is 12.2. The Balaban J connectivity index is 2.70. The van der Waals surface area contributed by atoms with Crippen LogP contribution in [-0.2, 0) is 0 Å². The molecule has 6 heteroatoms. The number of amides is 1. The van der Waals surface area contributed by atoms with Crippen molar-refractivity contribution in [2.24, 2.45) is 5.92 Å². The van der Waals surface area contributed by atoms with Gasteiger partial charge in [0.15, 0.2) is 0 Å². The predicted octanol–water partition coefficient (Wildman–Crippen LogP) is 4.15. The van der Waals surface area contributed by atoms with E-state index in [1.54, 1.807) is 6.07 Å². The largest absolute Gasteiger partial charge is 0.352 e. The second kappa shape index (κ2) is 8.96. The van der Waals surface area contributed by atoms with Gasteiger partial charge in [0.1, 0.15) is 0 Å². The fourth-order valence-corrected chi connectivity index (χ4v) is 2.66. The summed E-state index contributed by atoms with van der Waals surface area (Å²) in [6, 6.07) is 4.35. The predicted molar refractivity (Wildman–Crippen MR) is 91.5 cm³/mol. The van der Waals surface area contributed by atoms with Crippen molar-refractivity contribution in [1.29, 1.82) is 0 Å². The molecule has 1 rings (SSSR count). The number of carbonyl (C=O) groups is 1. The summed E-state index contributed by atoms with van der Waals surface area (Å²) < 4.78 is 0.720. The second-order valence-electron chi connectivity index (χ2n) is 5.05. The van der Waals surface area contributed by atoms with Crippen molar-refractivity contribution < 1.29 is 9.72 Å². The number of carbonyl (C=O) groups excluding carboxylic acids is 1. The molecule has 21 heavy (non-hydrogen) atoms. The van der Waals surface area contributed by atoms with Crippen LogP contribution in [0.1, 0.15) is 49.9 Å². The summed E-state index contributed by atoms with van der Waals surface area (Å²) in [7, 11) is 0. The van der Waals surface area contributed by atoms with Gasteiger partial charge in [-0.1, -0.05) is 33.1 Å². The lowest BCUT2D eigenvalue weighted by Crippen LogP contribution is -2.29. The number of nitro benzene ring substituents is 1. The molecule has 1 atom stereocenters. The number of benzene rings is 1. The van der Waals surface area contributed by atoms with Crippen molar-refractivity contribution in [3.63, 3.8) is 0 Å². The molecule has 0 bridgehead atoms. The summed E-state index contributed by atoms with van der Waals surface area (Å²) in [5, 5.41) is 13.7. The Morgan fingerprint density at radius 1 is 1.43 bits per heavy atom. The molecule has 1 unspecified atom stereocenters. The Morgan fingerprint density at radius 3 is 2.71 bits per heavy atom. The van der Waals surface area contributed by atoms with Gasteiger partial charge >= 0.3 is 0 Å². The molecule has 1 aromatic carbocycles. The van der Waals surface area contributed by atoms with E-state index in [4.69, 9.17) is 0 Å². The summed E-state index contributed by atoms with van der Waals surface area (Å²) in [4.78, 5) is 22.5. The SMILES string of the molecule is CCCCC(CC)CNC(=O)c1cc([N+](=O)[O-])ccc1I. The standard InChI is InChI=1S/C15H21IN2O3/c1-3-5-6-11(4-2)10-17-15(19)13-9-12(18(20)21)7-8-14(13)16/h7-9,11H,3-6,10H2,1-2H3,(H,17,19). The Morgan fingerprint density at radius 2 is 2.14 bits per heavy atom. The third-order valence-electron chi connectivity index (χ3n) is 3.50. The average Bonchev–Trinajstić information content (AvgIpc) is 2.47. The molecule has 0 saturated heterocycles. The van der Waals surface area contributed by atoms with Gasteiger partial charge in [0.25, 0.3) is 11.6 Å². The third kappa shape index (κ3) is 5.61. The van der Waals surface area contributed by atoms with Crippen molar-refractivity contribution in [2.75, 3.05) is 6.54 Å². The maximum atomic E-state index is 12.2. The minimum Gasteiger partial charge on any atom is -0.352 e. The van der Waals surface area contributed by atoms with E-state index in [-0.39, 0.29) is 11.6 Å². The van der Waals surface area contributed by atoms with E-state index in [1.165, 1.54) is 12.1 Å². The summed E-state index contributed by atoms with van der Waals surface area (Å²) in [5.74, 6) is 0.225. The highest BCUT2D eigenvalue weighted by molar-refractivity contribution is 14.1. The first kappa shape index (κ1) is 17.9. The van der Waals surface area contributed by atoms with Gasteiger partial charge in [0.05, 0.1) is 10.5 Å². The van der Waals surface area contributed by atoms with Crippen molar-refractivity contribution in [3.8, 4) is 0 Å². The van der Waals surface area contributed by atoms with Gasteiger partial charge in [-0.2, -0.15) is 0 Å². The quantitative estimate of drug-likeness (QED) is 0.402. The van der Waals surface area contributed by atoms with Crippen LogP contribution in [0.5, 0.6) is 0 Å². The van der Waals surface area contributed by atoms with E-state index in [0.29, 0.717) is 18.0 Å².